The van der Waals surface area contributed by atoms with Gasteiger partial charge in [-0.2, -0.15) is 13.2 Å². The first-order valence-electron chi connectivity index (χ1n) is 9.12. The van der Waals surface area contributed by atoms with Gasteiger partial charge in [-0.05, 0) is 31.5 Å². The molecule has 1 amide bonds. The highest BCUT2D eigenvalue weighted by atomic mass is 19.4. The van der Waals surface area contributed by atoms with E-state index >= 15 is 0 Å². The van der Waals surface area contributed by atoms with Crippen LogP contribution >= 0.6 is 0 Å². The number of carbonyl (C=O) groups excluding carboxylic acids is 1. The van der Waals surface area contributed by atoms with E-state index in [0.29, 0.717) is 23.3 Å². The Morgan fingerprint density at radius 2 is 1.80 bits per heavy atom. The van der Waals surface area contributed by atoms with Gasteiger partial charge in [0.15, 0.2) is 5.71 Å². The minimum absolute atomic E-state index is 0.0192. The highest BCUT2D eigenvalue weighted by molar-refractivity contribution is 6.45. The monoisotopic (exact) mass is 421 g/mol. The minimum Gasteiger partial charge on any atom is -0.395 e. The zero-order valence-corrected chi connectivity index (χ0v) is 16.8. The quantitative estimate of drug-likeness (QED) is 0.515. The van der Waals surface area contributed by atoms with Crippen molar-refractivity contribution in [1.29, 1.82) is 0 Å². The molecule has 0 aliphatic rings. The van der Waals surface area contributed by atoms with Crippen LogP contribution in [0.3, 0.4) is 0 Å². The molecule has 1 N–H and O–H groups in total. The second-order valence-electron chi connectivity index (χ2n) is 6.12. The fraction of sp³-hybridized carbons (Fsp3) is 0.286. The van der Waals surface area contributed by atoms with Crippen molar-refractivity contribution in [3.63, 3.8) is 0 Å². The Bertz CT molecular complexity index is 940. The third kappa shape index (κ3) is 6.07. The molecule has 2 aromatic carbocycles. The number of alkyl halides is 3. The maximum absolute atomic E-state index is 12.9. The van der Waals surface area contributed by atoms with Crippen LogP contribution in [0.15, 0.2) is 58.8 Å². The number of amides is 1. The highest BCUT2D eigenvalue weighted by Crippen LogP contribution is 2.29. The Kier molecular flexibility index (Phi) is 7.97. The molecule has 30 heavy (non-hydrogen) atoms. The van der Waals surface area contributed by atoms with Crippen molar-refractivity contribution in [1.82, 2.24) is 5.32 Å². The number of nitrogens with one attached hydrogen (secondary N) is 1. The van der Waals surface area contributed by atoms with E-state index in [2.05, 4.69) is 15.6 Å². The predicted octanol–water partition coefficient (Wildman–Crippen LogP) is 4.13. The van der Waals surface area contributed by atoms with Crippen LogP contribution in [0.5, 0.6) is 0 Å². The average molecular weight is 421 g/mol. The lowest BCUT2D eigenvalue weighted by molar-refractivity contribution is -0.137. The van der Waals surface area contributed by atoms with Crippen LogP contribution in [0.1, 0.15) is 36.1 Å². The van der Waals surface area contributed by atoms with Gasteiger partial charge in [-0.15, -0.1) is 0 Å². The Morgan fingerprint density at radius 3 is 2.47 bits per heavy atom. The van der Waals surface area contributed by atoms with Crippen LogP contribution < -0.4 is 5.32 Å². The molecular formula is C21H22F3N3O3. The fourth-order valence-corrected chi connectivity index (χ4v) is 2.51. The van der Waals surface area contributed by atoms with Crippen LogP contribution in [-0.4, -0.2) is 31.0 Å². The number of hydrogen-bond donors (Lipinski definition) is 1. The van der Waals surface area contributed by atoms with E-state index in [1.807, 2.05) is 0 Å². The van der Waals surface area contributed by atoms with Crippen LogP contribution in [0.2, 0.25) is 0 Å². The van der Waals surface area contributed by atoms with Crippen molar-refractivity contribution in [3.8, 4) is 0 Å². The third-order valence-corrected chi connectivity index (χ3v) is 4.03. The van der Waals surface area contributed by atoms with Gasteiger partial charge in [0.1, 0.15) is 13.2 Å². The molecular weight excluding hydrogens is 399 g/mol. The zero-order chi connectivity index (χ0) is 22.1. The molecule has 0 heterocycles. The molecule has 0 atom stereocenters. The number of halogens is 3. The number of hydrogen-bond acceptors (Lipinski definition) is 5. The molecule has 0 unspecified atom stereocenters. The molecule has 2 rings (SSSR count). The molecule has 0 bridgehead atoms. The number of oxime groups is 2. The summed E-state index contributed by atoms with van der Waals surface area (Å²) in [7, 11) is 1.48. The van der Waals surface area contributed by atoms with E-state index < -0.39 is 17.6 Å². The zero-order valence-electron chi connectivity index (χ0n) is 16.8. The Morgan fingerprint density at radius 1 is 1.07 bits per heavy atom. The van der Waals surface area contributed by atoms with Gasteiger partial charge < -0.3 is 15.0 Å². The van der Waals surface area contributed by atoms with Crippen molar-refractivity contribution in [3.05, 3.63) is 70.8 Å². The van der Waals surface area contributed by atoms with Gasteiger partial charge in [0, 0.05) is 18.2 Å². The molecule has 160 valence electrons. The second kappa shape index (κ2) is 10.4. The van der Waals surface area contributed by atoms with Gasteiger partial charge in [0.25, 0.3) is 5.91 Å². The van der Waals surface area contributed by atoms with Gasteiger partial charge in [-0.1, -0.05) is 46.7 Å². The van der Waals surface area contributed by atoms with E-state index in [4.69, 9.17) is 9.68 Å². The molecule has 6 nitrogen and oxygen atoms in total. The Balaban J connectivity index is 2.21. The van der Waals surface area contributed by atoms with Gasteiger partial charge in [-0.3, -0.25) is 4.79 Å². The first kappa shape index (κ1) is 22.9. The molecule has 0 radical (unpaired) electrons. The van der Waals surface area contributed by atoms with E-state index in [1.54, 1.807) is 38.1 Å². The summed E-state index contributed by atoms with van der Waals surface area (Å²) in [5, 5.41) is 10.3. The predicted molar refractivity (Wildman–Crippen MR) is 107 cm³/mol. The standard InChI is InChI=1S/C21H22F3N3O3/c1-4-29-27-19(20(28)25-3)18-11-6-5-8-16(18)13-30-26-14(2)15-9-7-10-17(12-15)21(22,23)24/h5-12H,4,13H2,1-3H3,(H,25,28)/b26-14+,27-19+. The summed E-state index contributed by atoms with van der Waals surface area (Å²) in [6, 6.07) is 11.7. The lowest BCUT2D eigenvalue weighted by atomic mass is 10.0. The molecule has 0 aliphatic carbocycles. The summed E-state index contributed by atoms with van der Waals surface area (Å²) in [5.74, 6) is -0.431. The minimum atomic E-state index is -4.44. The van der Waals surface area contributed by atoms with Crippen molar-refractivity contribution in [2.75, 3.05) is 13.7 Å². The van der Waals surface area contributed by atoms with Gasteiger partial charge in [0.05, 0.1) is 11.3 Å². The number of benzene rings is 2. The summed E-state index contributed by atoms with van der Waals surface area (Å²) >= 11 is 0. The highest BCUT2D eigenvalue weighted by Gasteiger charge is 2.30. The number of likely N-dealkylation sites (N-methyl/N-ethyl adjacent to an activating group) is 1. The first-order chi connectivity index (χ1) is 14.3. The summed E-state index contributed by atoms with van der Waals surface area (Å²) in [6.07, 6.45) is -4.44. The molecule has 0 saturated carbocycles. The van der Waals surface area contributed by atoms with Crippen molar-refractivity contribution >= 4 is 17.3 Å². The van der Waals surface area contributed by atoms with E-state index in [1.165, 1.54) is 19.2 Å². The van der Waals surface area contributed by atoms with Crippen molar-refractivity contribution < 1.29 is 27.6 Å². The van der Waals surface area contributed by atoms with Gasteiger partial charge >= 0.3 is 6.18 Å². The summed E-state index contributed by atoms with van der Waals surface area (Å²) in [4.78, 5) is 22.6. The fourth-order valence-electron chi connectivity index (χ4n) is 2.51. The second-order valence-corrected chi connectivity index (χ2v) is 6.12. The number of carbonyl (C=O) groups is 1. The maximum Gasteiger partial charge on any atom is 0.416 e. The number of nitrogens with zero attached hydrogens (tertiary/aromatic N) is 2. The molecule has 0 aliphatic heterocycles. The molecule has 0 aromatic heterocycles. The van der Waals surface area contributed by atoms with Crippen molar-refractivity contribution in [2.24, 2.45) is 10.3 Å². The van der Waals surface area contributed by atoms with Gasteiger partial charge in [0.2, 0.25) is 0 Å². The molecule has 9 heteroatoms. The summed E-state index contributed by atoms with van der Waals surface area (Å²) in [6.45, 7) is 3.56. The van der Waals surface area contributed by atoms with E-state index in [-0.39, 0.29) is 18.0 Å². The lowest BCUT2D eigenvalue weighted by Crippen LogP contribution is -2.29. The van der Waals surface area contributed by atoms with Crippen LogP contribution in [0.4, 0.5) is 13.2 Å². The molecule has 0 saturated heterocycles. The third-order valence-electron chi connectivity index (χ3n) is 4.03. The summed E-state index contributed by atoms with van der Waals surface area (Å²) in [5.41, 5.74) is 1.01. The Hall–Kier alpha value is -3.36. The largest absolute Gasteiger partial charge is 0.416 e. The Labute approximate surface area is 172 Å². The van der Waals surface area contributed by atoms with Crippen molar-refractivity contribution in [2.45, 2.75) is 26.6 Å². The smallest absolute Gasteiger partial charge is 0.395 e. The number of rotatable bonds is 8. The van der Waals surface area contributed by atoms with Crippen LogP contribution in [0, 0.1) is 0 Å². The SMILES string of the molecule is CCO/N=C(/C(=O)NC)c1ccccc1CO/N=C(\C)c1cccc(C(F)(F)F)c1. The summed E-state index contributed by atoms with van der Waals surface area (Å²) < 4.78 is 38.6. The lowest BCUT2D eigenvalue weighted by Gasteiger charge is -2.11. The van der Waals surface area contributed by atoms with E-state index in [9.17, 15) is 18.0 Å². The molecule has 2 aromatic rings. The first-order valence-corrected chi connectivity index (χ1v) is 9.12. The van der Waals surface area contributed by atoms with Crippen LogP contribution in [0.25, 0.3) is 0 Å². The molecule has 0 spiro atoms. The van der Waals surface area contributed by atoms with E-state index in [0.717, 1.165) is 12.1 Å². The average Bonchev–Trinajstić information content (AvgIpc) is 2.74. The maximum atomic E-state index is 12.9. The topological polar surface area (TPSA) is 72.3 Å². The normalized spacial score (nSPS) is 12.5. The van der Waals surface area contributed by atoms with Gasteiger partial charge in [-0.25, -0.2) is 0 Å². The van der Waals surface area contributed by atoms with Crippen LogP contribution in [-0.2, 0) is 27.3 Å². The molecule has 0 fully saturated rings.